The molecule has 0 atom stereocenters. The number of aryl methyl sites for hydroxylation is 2. The molecule has 0 heterocycles. The molecular weight excluding hydrogens is 306 g/mol. The van der Waals surface area contributed by atoms with Gasteiger partial charge in [-0.25, -0.2) is 0 Å². The van der Waals surface area contributed by atoms with Crippen molar-refractivity contribution in [2.24, 2.45) is 5.73 Å². The summed E-state index contributed by atoms with van der Waals surface area (Å²) in [5, 5.41) is 0. The Morgan fingerprint density at radius 2 is 1.72 bits per heavy atom. The zero-order valence-electron chi connectivity index (χ0n) is 16.2. The predicted octanol–water partition coefficient (Wildman–Crippen LogP) is 5.70. The smallest absolute Gasteiger partial charge is 0.248 e. The maximum atomic E-state index is 11.3. The third kappa shape index (κ3) is 9.51. The van der Waals surface area contributed by atoms with Gasteiger partial charge in [0.2, 0.25) is 5.91 Å². The molecule has 0 aromatic heterocycles. The Morgan fingerprint density at radius 3 is 2.24 bits per heavy atom. The summed E-state index contributed by atoms with van der Waals surface area (Å²) in [6.45, 7) is 11.4. The fraction of sp³-hybridized carbons (Fsp3) is 0.348. The summed E-state index contributed by atoms with van der Waals surface area (Å²) in [5.74, 6) is -0.349. The van der Waals surface area contributed by atoms with Gasteiger partial charge in [0.1, 0.15) is 0 Å². The number of rotatable bonds is 5. The monoisotopic (exact) mass is 339 g/mol. The molecule has 1 aliphatic carbocycles. The molecule has 25 heavy (non-hydrogen) atoms. The quantitative estimate of drug-likeness (QED) is 0.687. The van der Waals surface area contributed by atoms with Crippen LogP contribution < -0.4 is 5.73 Å². The van der Waals surface area contributed by atoms with Crippen molar-refractivity contribution < 1.29 is 4.79 Å². The fourth-order valence-corrected chi connectivity index (χ4v) is 2.28. The van der Waals surface area contributed by atoms with Gasteiger partial charge in [-0.05, 0) is 55.4 Å². The highest BCUT2D eigenvalue weighted by Crippen LogP contribution is 2.17. The molecule has 0 unspecified atom stereocenters. The second kappa shape index (κ2) is 14.0. The number of allylic oxidation sites excluding steroid dienone is 5. The van der Waals surface area contributed by atoms with Crippen molar-refractivity contribution in [3.8, 4) is 0 Å². The van der Waals surface area contributed by atoms with Gasteiger partial charge in [0.05, 0.1) is 0 Å². The molecule has 2 nitrogen and oxygen atoms in total. The van der Waals surface area contributed by atoms with Crippen LogP contribution in [0.15, 0.2) is 72.4 Å². The molecule has 1 aromatic carbocycles. The Morgan fingerprint density at radius 1 is 1.16 bits per heavy atom. The van der Waals surface area contributed by atoms with Gasteiger partial charge in [-0.1, -0.05) is 69.3 Å². The van der Waals surface area contributed by atoms with Gasteiger partial charge in [0.15, 0.2) is 0 Å². The number of primary amides is 1. The zero-order chi connectivity index (χ0) is 19.1. The largest absolute Gasteiger partial charge is 0.366 e. The van der Waals surface area contributed by atoms with E-state index in [1.165, 1.54) is 11.1 Å². The average Bonchev–Trinajstić information content (AvgIpc) is 2.89. The molecule has 0 bridgehead atoms. The lowest BCUT2D eigenvalue weighted by atomic mass is 10.0. The minimum Gasteiger partial charge on any atom is -0.366 e. The molecule has 1 aliphatic rings. The maximum absolute atomic E-state index is 11.3. The first-order valence-corrected chi connectivity index (χ1v) is 9.12. The first kappa shape index (κ1) is 22.7. The van der Waals surface area contributed by atoms with Crippen molar-refractivity contribution in [3.63, 3.8) is 0 Å². The molecule has 1 aromatic rings. The fourth-order valence-electron chi connectivity index (χ4n) is 2.28. The first-order chi connectivity index (χ1) is 12.1. The summed E-state index contributed by atoms with van der Waals surface area (Å²) in [6.07, 6.45) is 13.4. The SMILES string of the molecule is C=CC.CC.CCc1ccc(CCC2=CC(C(N)=O)=CCC=C2)cc1. The van der Waals surface area contributed by atoms with Crippen molar-refractivity contribution in [1.29, 1.82) is 0 Å². The maximum Gasteiger partial charge on any atom is 0.248 e. The van der Waals surface area contributed by atoms with Crippen LogP contribution in [0, 0.1) is 0 Å². The number of carbonyl (C=O) groups is 1. The van der Waals surface area contributed by atoms with E-state index in [4.69, 9.17) is 5.73 Å². The highest BCUT2D eigenvalue weighted by Gasteiger charge is 2.05. The Balaban J connectivity index is 0.00000104. The topological polar surface area (TPSA) is 43.1 Å². The van der Waals surface area contributed by atoms with Gasteiger partial charge in [-0.15, -0.1) is 6.58 Å². The van der Waals surface area contributed by atoms with Crippen LogP contribution >= 0.6 is 0 Å². The normalized spacial score (nSPS) is 12.3. The second-order valence-electron chi connectivity index (χ2n) is 5.46. The lowest BCUT2D eigenvalue weighted by molar-refractivity contribution is -0.114. The molecule has 0 aliphatic heterocycles. The lowest BCUT2D eigenvalue weighted by Crippen LogP contribution is -2.12. The molecule has 0 fully saturated rings. The number of hydrogen-bond donors (Lipinski definition) is 1. The number of carbonyl (C=O) groups excluding carboxylic acids is 1. The summed E-state index contributed by atoms with van der Waals surface area (Å²) in [5.41, 5.74) is 9.82. The van der Waals surface area contributed by atoms with E-state index in [9.17, 15) is 4.79 Å². The van der Waals surface area contributed by atoms with Crippen LogP contribution in [0.5, 0.6) is 0 Å². The van der Waals surface area contributed by atoms with Gasteiger partial charge in [0, 0.05) is 5.57 Å². The molecule has 0 saturated carbocycles. The first-order valence-electron chi connectivity index (χ1n) is 9.12. The second-order valence-corrected chi connectivity index (χ2v) is 5.46. The van der Waals surface area contributed by atoms with Gasteiger partial charge >= 0.3 is 0 Å². The van der Waals surface area contributed by atoms with Crippen LogP contribution in [0.1, 0.15) is 51.7 Å². The summed E-state index contributed by atoms with van der Waals surface area (Å²) < 4.78 is 0. The molecule has 2 heteroatoms. The van der Waals surface area contributed by atoms with E-state index in [0.717, 1.165) is 31.3 Å². The summed E-state index contributed by atoms with van der Waals surface area (Å²) in [7, 11) is 0. The van der Waals surface area contributed by atoms with E-state index in [-0.39, 0.29) is 5.91 Å². The van der Waals surface area contributed by atoms with E-state index in [2.05, 4.69) is 49.9 Å². The summed E-state index contributed by atoms with van der Waals surface area (Å²) >= 11 is 0. The standard InChI is InChI=1S/C18H21NO.C3H6.C2H6/c1-2-14-7-9-15(10-8-14)11-12-16-5-3-4-6-17(13-16)18(19)20;1-3-2;1-2/h3,5-10,13H,2,4,11-12H2,1H3,(H2,19,20);3H,1H2,2H3;1-2H3. The third-order valence-corrected chi connectivity index (χ3v) is 3.56. The highest BCUT2D eigenvalue weighted by molar-refractivity contribution is 5.95. The average molecular weight is 340 g/mol. The van der Waals surface area contributed by atoms with Crippen LogP contribution in [0.2, 0.25) is 0 Å². The summed E-state index contributed by atoms with van der Waals surface area (Å²) in [6, 6.07) is 8.73. The van der Waals surface area contributed by atoms with E-state index >= 15 is 0 Å². The van der Waals surface area contributed by atoms with Gasteiger partial charge in [-0.3, -0.25) is 4.79 Å². The third-order valence-electron chi connectivity index (χ3n) is 3.56. The number of amides is 1. The van der Waals surface area contributed by atoms with Crippen molar-refractivity contribution in [2.45, 2.75) is 53.4 Å². The van der Waals surface area contributed by atoms with Crippen LogP contribution in [0.4, 0.5) is 0 Å². The highest BCUT2D eigenvalue weighted by atomic mass is 16.1. The van der Waals surface area contributed by atoms with E-state index in [1.807, 2.05) is 32.9 Å². The molecule has 1 amide bonds. The van der Waals surface area contributed by atoms with Crippen molar-refractivity contribution >= 4 is 5.91 Å². The Labute approximate surface area is 153 Å². The Bertz CT molecular complexity index is 603. The molecule has 0 saturated heterocycles. The van der Waals surface area contributed by atoms with Crippen LogP contribution in [-0.2, 0) is 17.6 Å². The zero-order valence-corrected chi connectivity index (χ0v) is 16.2. The molecule has 2 rings (SSSR count). The Hall–Kier alpha value is -2.35. The minimum absolute atomic E-state index is 0.349. The Kier molecular flexibility index (Phi) is 12.7. The van der Waals surface area contributed by atoms with Gasteiger partial charge in [0.25, 0.3) is 0 Å². The number of benzene rings is 1. The van der Waals surface area contributed by atoms with E-state index in [0.29, 0.717) is 5.57 Å². The number of nitrogens with two attached hydrogens (primary N) is 1. The van der Waals surface area contributed by atoms with Crippen molar-refractivity contribution in [3.05, 3.63) is 83.5 Å². The molecule has 0 spiro atoms. The number of hydrogen-bond acceptors (Lipinski definition) is 1. The van der Waals surface area contributed by atoms with Gasteiger partial charge < -0.3 is 5.73 Å². The van der Waals surface area contributed by atoms with E-state index < -0.39 is 0 Å². The molecule has 136 valence electrons. The van der Waals surface area contributed by atoms with E-state index in [1.54, 1.807) is 6.08 Å². The van der Waals surface area contributed by atoms with Crippen LogP contribution in [-0.4, -0.2) is 5.91 Å². The van der Waals surface area contributed by atoms with Crippen molar-refractivity contribution in [1.82, 2.24) is 0 Å². The van der Waals surface area contributed by atoms with Gasteiger partial charge in [-0.2, -0.15) is 0 Å². The summed E-state index contributed by atoms with van der Waals surface area (Å²) in [4.78, 5) is 11.3. The molecule has 2 N–H and O–H groups in total. The van der Waals surface area contributed by atoms with Crippen LogP contribution in [0.25, 0.3) is 0 Å². The minimum atomic E-state index is -0.349. The predicted molar refractivity (Wildman–Crippen MR) is 110 cm³/mol. The molecular formula is C23H33NO. The molecule has 0 radical (unpaired) electrons. The van der Waals surface area contributed by atoms with Crippen molar-refractivity contribution in [2.75, 3.05) is 0 Å². The van der Waals surface area contributed by atoms with Crippen LogP contribution in [0.3, 0.4) is 0 Å². The lowest BCUT2D eigenvalue weighted by Gasteiger charge is -2.05.